The van der Waals surface area contributed by atoms with Crippen molar-refractivity contribution < 1.29 is 13.2 Å². The predicted octanol–water partition coefficient (Wildman–Crippen LogP) is 4.00. The third-order valence-electron chi connectivity index (χ3n) is 4.62. The van der Waals surface area contributed by atoms with Gasteiger partial charge in [-0.3, -0.25) is 4.79 Å². The molecule has 1 aliphatic rings. The molecule has 2 aromatic rings. The Hall–Kier alpha value is -1.56. The van der Waals surface area contributed by atoms with Gasteiger partial charge in [-0.2, -0.15) is 0 Å². The van der Waals surface area contributed by atoms with Gasteiger partial charge in [0.05, 0.1) is 20.2 Å². The van der Waals surface area contributed by atoms with Gasteiger partial charge >= 0.3 is 0 Å². The zero-order chi connectivity index (χ0) is 18.7. The fourth-order valence-electron chi connectivity index (χ4n) is 3.12. The average molecular weight is 412 g/mol. The van der Waals surface area contributed by atoms with Crippen molar-refractivity contribution in [3.05, 3.63) is 64.1 Å². The van der Waals surface area contributed by atoms with Crippen LogP contribution in [-0.4, -0.2) is 37.6 Å². The van der Waals surface area contributed by atoms with Crippen molar-refractivity contribution in [3.8, 4) is 0 Å². The van der Waals surface area contributed by atoms with Crippen molar-refractivity contribution in [3.63, 3.8) is 0 Å². The first-order chi connectivity index (χ1) is 12.4. The average Bonchev–Trinajstić information content (AvgIpc) is 3.14. The first kappa shape index (κ1) is 19.2. The summed E-state index contributed by atoms with van der Waals surface area (Å²) in [5.41, 5.74) is 0.931. The van der Waals surface area contributed by atoms with E-state index in [1.807, 2.05) is 6.07 Å². The summed E-state index contributed by atoms with van der Waals surface area (Å²) in [6, 6.07) is 13.7. The molecule has 3 rings (SSSR count). The molecule has 0 spiro atoms. The summed E-state index contributed by atoms with van der Waals surface area (Å²) < 4.78 is 25.4. The van der Waals surface area contributed by atoms with Gasteiger partial charge < -0.3 is 4.90 Å². The number of nitrogens with zero attached hydrogens (tertiary/aromatic N) is 1. The lowest BCUT2D eigenvalue weighted by atomic mass is 10.1. The second kappa shape index (κ2) is 7.99. The number of aryl methyl sites for hydroxylation is 1. The molecule has 7 heteroatoms. The number of rotatable bonds is 5. The van der Waals surface area contributed by atoms with Crippen LogP contribution in [0.1, 0.15) is 18.4 Å². The minimum Gasteiger partial charge on any atom is -0.341 e. The van der Waals surface area contributed by atoms with Gasteiger partial charge in [0.15, 0.2) is 9.84 Å². The zero-order valence-electron chi connectivity index (χ0n) is 14.1. The number of likely N-dealkylation sites (tertiary alicyclic amines) is 1. The van der Waals surface area contributed by atoms with Crippen molar-refractivity contribution in [1.29, 1.82) is 0 Å². The Kier molecular flexibility index (Phi) is 5.90. The number of carbonyl (C=O) groups is 1. The Balaban J connectivity index is 1.59. The predicted molar refractivity (Wildman–Crippen MR) is 103 cm³/mol. The van der Waals surface area contributed by atoms with Crippen molar-refractivity contribution in [1.82, 2.24) is 4.90 Å². The number of amides is 1. The van der Waals surface area contributed by atoms with Gasteiger partial charge in [0, 0.05) is 19.5 Å². The molecule has 1 unspecified atom stereocenters. The van der Waals surface area contributed by atoms with E-state index in [9.17, 15) is 13.2 Å². The highest BCUT2D eigenvalue weighted by Gasteiger charge is 2.35. The molecule has 1 saturated heterocycles. The van der Waals surface area contributed by atoms with Gasteiger partial charge in [-0.1, -0.05) is 47.5 Å². The standard InChI is InChI=1S/C19H19Cl2NO3S/c20-17-8-6-14(12-18(17)21)7-9-19(23)22-11-10-16(13-22)26(24,25)15-4-2-1-3-5-15/h1-6,8,12,16H,7,9-11,13H2. The molecule has 1 amide bonds. The third kappa shape index (κ3) is 4.22. The summed E-state index contributed by atoms with van der Waals surface area (Å²) in [5, 5.41) is 0.404. The van der Waals surface area contributed by atoms with Crippen LogP contribution in [0.5, 0.6) is 0 Å². The van der Waals surface area contributed by atoms with Crippen LogP contribution in [0.3, 0.4) is 0 Å². The van der Waals surface area contributed by atoms with Crippen LogP contribution in [0, 0.1) is 0 Å². The number of hydrogen-bond donors (Lipinski definition) is 0. The normalized spacial score (nSPS) is 17.5. The highest BCUT2D eigenvalue weighted by Crippen LogP contribution is 2.25. The first-order valence-corrected chi connectivity index (χ1v) is 10.7. The van der Waals surface area contributed by atoms with Crippen molar-refractivity contribution >= 4 is 38.9 Å². The summed E-state index contributed by atoms with van der Waals surface area (Å²) in [5.74, 6) is -0.0400. The highest BCUT2D eigenvalue weighted by atomic mass is 35.5. The van der Waals surface area contributed by atoms with Crippen molar-refractivity contribution in [2.24, 2.45) is 0 Å². The lowest BCUT2D eigenvalue weighted by Crippen LogP contribution is -2.32. The summed E-state index contributed by atoms with van der Waals surface area (Å²) in [6.45, 7) is 0.717. The molecule has 1 atom stereocenters. The molecule has 1 fully saturated rings. The molecule has 0 aliphatic carbocycles. The maximum Gasteiger partial charge on any atom is 0.222 e. The van der Waals surface area contributed by atoms with Crippen molar-refractivity contribution in [2.75, 3.05) is 13.1 Å². The number of benzene rings is 2. The lowest BCUT2D eigenvalue weighted by Gasteiger charge is -2.17. The molecule has 1 heterocycles. The second-order valence-electron chi connectivity index (χ2n) is 6.36. The monoisotopic (exact) mass is 411 g/mol. The number of sulfone groups is 1. The summed E-state index contributed by atoms with van der Waals surface area (Å²) >= 11 is 11.9. The Morgan fingerprint density at radius 3 is 2.50 bits per heavy atom. The number of halogens is 2. The van der Waals surface area contributed by atoms with Crippen LogP contribution in [-0.2, 0) is 21.1 Å². The van der Waals surface area contributed by atoms with Gasteiger partial charge in [-0.05, 0) is 42.7 Å². The lowest BCUT2D eigenvalue weighted by molar-refractivity contribution is -0.130. The molecule has 0 bridgehead atoms. The SMILES string of the molecule is O=C(CCc1ccc(Cl)c(Cl)c1)N1CCC(S(=O)(=O)c2ccccc2)C1. The maximum atomic E-state index is 12.7. The Labute approximate surface area is 163 Å². The van der Waals surface area contributed by atoms with Crippen molar-refractivity contribution in [2.45, 2.75) is 29.4 Å². The van der Waals surface area contributed by atoms with Gasteiger partial charge in [-0.15, -0.1) is 0 Å². The first-order valence-electron chi connectivity index (χ1n) is 8.38. The van der Waals surface area contributed by atoms with Crippen LogP contribution < -0.4 is 0 Å². The Morgan fingerprint density at radius 2 is 1.81 bits per heavy atom. The smallest absolute Gasteiger partial charge is 0.222 e. The molecule has 0 saturated carbocycles. The van der Waals surface area contributed by atoms with Crippen LogP contribution in [0.2, 0.25) is 10.0 Å². The van der Waals surface area contributed by atoms with E-state index in [4.69, 9.17) is 23.2 Å². The highest BCUT2D eigenvalue weighted by molar-refractivity contribution is 7.92. The molecule has 138 valence electrons. The topological polar surface area (TPSA) is 54.5 Å². The van der Waals surface area contributed by atoms with Gasteiger partial charge in [-0.25, -0.2) is 8.42 Å². The zero-order valence-corrected chi connectivity index (χ0v) is 16.4. The number of carbonyl (C=O) groups excluding carboxylic acids is 1. The van der Waals surface area contributed by atoms with Gasteiger partial charge in [0.1, 0.15) is 0 Å². The summed E-state index contributed by atoms with van der Waals surface area (Å²) in [4.78, 5) is 14.4. The van der Waals surface area contributed by atoms with Crippen LogP contribution >= 0.6 is 23.2 Å². The molecule has 26 heavy (non-hydrogen) atoms. The Bertz CT molecular complexity index is 900. The van der Waals surface area contributed by atoms with E-state index in [0.717, 1.165) is 5.56 Å². The number of hydrogen-bond acceptors (Lipinski definition) is 3. The van der Waals surface area contributed by atoms with E-state index in [1.165, 1.54) is 0 Å². The van der Waals surface area contributed by atoms with E-state index < -0.39 is 15.1 Å². The van der Waals surface area contributed by atoms with Gasteiger partial charge in [0.25, 0.3) is 0 Å². The molecular weight excluding hydrogens is 393 g/mol. The van der Waals surface area contributed by atoms with E-state index in [0.29, 0.717) is 40.7 Å². The molecule has 0 N–H and O–H groups in total. The second-order valence-corrected chi connectivity index (χ2v) is 9.40. The Morgan fingerprint density at radius 1 is 1.08 bits per heavy atom. The van der Waals surface area contributed by atoms with Crippen LogP contribution in [0.4, 0.5) is 0 Å². The molecule has 2 aromatic carbocycles. The van der Waals surface area contributed by atoms with Crippen LogP contribution in [0.15, 0.2) is 53.4 Å². The molecule has 0 aromatic heterocycles. The molecule has 0 radical (unpaired) electrons. The maximum absolute atomic E-state index is 12.7. The minimum atomic E-state index is -3.41. The third-order valence-corrected chi connectivity index (χ3v) is 7.55. The van der Waals surface area contributed by atoms with Gasteiger partial charge in [0.2, 0.25) is 5.91 Å². The summed E-state index contributed by atoms with van der Waals surface area (Å²) in [6.07, 6.45) is 1.33. The van der Waals surface area contributed by atoms with E-state index in [2.05, 4.69) is 0 Å². The minimum absolute atomic E-state index is 0.0400. The van der Waals surface area contributed by atoms with E-state index in [-0.39, 0.29) is 12.5 Å². The van der Waals surface area contributed by atoms with Crippen LogP contribution in [0.25, 0.3) is 0 Å². The molecule has 1 aliphatic heterocycles. The molecular formula is C19H19Cl2NO3S. The fourth-order valence-corrected chi connectivity index (χ4v) is 5.15. The fraction of sp³-hybridized carbons (Fsp3) is 0.316. The molecule has 4 nitrogen and oxygen atoms in total. The quantitative estimate of drug-likeness (QED) is 0.746. The van der Waals surface area contributed by atoms with E-state index >= 15 is 0 Å². The van der Waals surface area contributed by atoms with E-state index in [1.54, 1.807) is 47.4 Å². The summed E-state index contributed by atoms with van der Waals surface area (Å²) in [7, 11) is -3.41. The largest absolute Gasteiger partial charge is 0.341 e.